The second-order valence-electron chi connectivity index (χ2n) is 8.18. The number of carboxylic acid groups (broad SMARTS) is 1. The van der Waals surface area contributed by atoms with Crippen molar-refractivity contribution in [3.05, 3.63) is 42.3 Å². The molecule has 0 radical (unpaired) electrons. The first-order valence-corrected chi connectivity index (χ1v) is 11.4. The fraction of sp³-hybridized carbons (Fsp3) is 0.478. The van der Waals surface area contributed by atoms with E-state index in [4.69, 9.17) is 4.42 Å². The number of nitrogens with zero attached hydrogens (tertiary/aromatic N) is 1. The predicted octanol–water partition coefficient (Wildman–Crippen LogP) is 2.98. The predicted molar refractivity (Wildman–Crippen MR) is 122 cm³/mol. The van der Waals surface area contributed by atoms with Crippen molar-refractivity contribution in [1.82, 2.24) is 15.6 Å². The molecule has 0 aromatic carbocycles. The fourth-order valence-electron chi connectivity index (χ4n) is 3.96. The number of furan rings is 1. The molecule has 2 amide bonds. The summed E-state index contributed by atoms with van der Waals surface area (Å²) in [6.07, 6.45) is 7.12. The molecule has 3 N–H and O–H groups in total. The molecule has 1 aliphatic rings. The summed E-state index contributed by atoms with van der Waals surface area (Å²) < 4.78 is 5.31. The molecule has 0 spiro atoms. The Morgan fingerprint density at radius 3 is 2.56 bits per heavy atom. The summed E-state index contributed by atoms with van der Waals surface area (Å²) >= 11 is 4.33. The van der Waals surface area contributed by atoms with Crippen LogP contribution in [0.1, 0.15) is 51.0 Å². The first-order valence-electron chi connectivity index (χ1n) is 10.9. The van der Waals surface area contributed by atoms with Crippen LogP contribution in [0.4, 0.5) is 0 Å². The third-order valence-electron chi connectivity index (χ3n) is 5.76. The van der Waals surface area contributed by atoms with Gasteiger partial charge in [0.2, 0.25) is 11.8 Å². The Kier molecular flexibility index (Phi) is 7.95. The number of carbonyl (C=O) groups is 3. The van der Waals surface area contributed by atoms with Gasteiger partial charge in [-0.2, -0.15) is 12.6 Å². The minimum Gasteiger partial charge on any atom is -0.480 e. The minimum absolute atomic E-state index is 0.0710. The Balaban J connectivity index is 1.69. The number of hydrogen-bond donors (Lipinski definition) is 4. The van der Waals surface area contributed by atoms with E-state index in [9.17, 15) is 19.5 Å². The van der Waals surface area contributed by atoms with E-state index in [1.54, 1.807) is 36.7 Å². The number of pyridine rings is 1. The fourth-order valence-corrected chi connectivity index (χ4v) is 4.28. The Hall–Kier alpha value is -2.81. The van der Waals surface area contributed by atoms with Gasteiger partial charge < -0.3 is 20.2 Å². The molecule has 8 nitrogen and oxygen atoms in total. The zero-order chi connectivity index (χ0) is 23.1. The molecule has 2 aromatic heterocycles. The second-order valence-corrected chi connectivity index (χ2v) is 8.80. The lowest BCUT2D eigenvalue weighted by atomic mass is 9.94. The lowest BCUT2D eigenvalue weighted by Gasteiger charge is -2.31. The third-order valence-corrected chi connectivity index (χ3v) is 6.25. The number of aromatic nitrogens is 1. The van der Waals surface area contributed by atoms with Gasteiger partial charge >= 0.3 is 5.97 Å². The third kappa shape index (κ3) is 5.70. The Morgan fingerprint density at radius 1 is 1.25 bits per heavy atom. The van der Waals surface area contributed by atoms with Crippen LogP contribution >= 0.6 is 12.6 Å². The maximum atomic E-state index is 13.2. The molecule has 2 atom stereocenters. The molecule has 1 unspecified atom stereocenters. The molecule has 2 heterocycles. The average Bonchev–Trinajstić information content (AvgIpc) is 3.47. The van der Waals surface area contributed by atoms with E-state index in [0.717, 1.165) is 19.3 Å². The van der Waals surface area contributed by atoms with Crippen molar-refractivity contribution in [2.24, 2.45) is 0 Å². The number of carbonyl (C=O) groups excluding carboxylic acids is 2. The number of carboxylic acids is 1. The summed E-state index contributed by atoms with van der Waals surface area (Å²) in [6.45, 7) is 1.96. The van der Waals surface area contributed by atoms with Crippen LogP contribution in [0, 0.1) is 0 Å². The first kappa shape index (κ1) is 23.8. The maximum Gasteiger partial charge on any atom is 0.326 e. The van der Waals surface area contributed by atoms with Crippen LogP contribution in [0.5, 0.6) is 0 Å². The highest BCUT2D eigenvalue weighted by atomic mass is 32.1. The van der Waals surface area contributed by atoms with E-state index in [1.165, 1.54) is 0 Å². The molecule has 9 heteroatoms. The van der Waals surface area contributed by atoms with Crippen molar-refractivity contribution in [1.29, 1.82) is 0 Å². The molecule has 1 saturated carbocycles. The van der Waals surface area contributed by atoms with Gasteiger partial charge in [0.25, 0.3) is 0 Å². The number of aliphatic carboxylic acids is 1. The number of hydrogen-bond acceptors (Lipinski definition) is 6. The summed E-state index contributed by atoms with van der Waals surface area (Å²) in [4.78, 5) is 41.9. The van der Waals surface area contributed by atoms with Gasteiger partial charge in [-0.1, -0.05) is 32.3 Å². The van der Waals surface area contributed by atoms with Gasteiger partial charge in [-0.25, -0.2) is 4.79 Å². The molecule has 2 aromatic rings. The lowest BCUT2D eigenvalue weighted by Crippen LogP contribution is -2.61. The molecular formula is C23H29N3O5S. The second kappa shape index (κ2) is 10.7. The Bertz CT molecular complexity index is 924. The van der Waals surface area contributed by atoms with Crippen molar-refractivity contribution >= 4 is 30.4 Å². The van der Waals surface area contributed by atoms with E-state index in [0.29, 0.717) is 36.3 Å². The summed E-state index contributed by atoms with van der Waals surface area (Å²) in [5, 5.41) is 14.7. The molecule has 32 heavy (non-hydrogen) atoms. The van der Waals surface area contributed by atoms with E-state index in [1.807, 2.05) is 6.92 Å². The van der Waals surface area contributed by atoms with Crippen LogP contribution < -0.4 is 10.6 Å². The zero-order valence-corrected chi connectivity index (χ0v) is 18.9. The smallest absolute Gasteiger partial charge is 0.326 e. The van der Waals surface area contributed by atoms with Gasteiger partial charge in [0, 0.05) is 12.6 Å². The van der Waals surface area contributed by atoms with Crippen molar-refractivity contribution in [2.45, 2.75) is 68.7 Å². The lowest BCUT2D eigenvalue weighted by molar-refractivity contribution is -0.143. The standard InChI is InChI=1S/C23H29N3O5S/c1-2-6-19(32)20(27)26-23(10-3-4-11-23)22(30)25-17(21(28)29)13-15-8-9-16(24-14-15)18-7-5-12-31-18/h5,7-9,12,14,17,19,32H,2-4,6,10-11,13H2,1H3,(H,25,30)(H,26,27)(H,28,29)/t17?,19-/m0/s1. The van der Waals surface area contributed by atoms with Gasteiger partial charge in [0.1, 0.15) is 17.3 Å². The summed E-state index contributed by atoms with van der Waals surface area (Å²) in [7, 11) is 0. The van der Waals surface area contributed by atoms with Crippen molar-refractivity contribution in [3.8, 4) is 11.5 Å². The van der Waals surface area contributed by atoms with Gasteiger partial charge in [0.05, 0.1) is 11.5 Å². The van der Waals surface area contributed by atoms with Gasteiger partial charge in [-0.05, 0) is 43.0 Å². The van der Waals surface area contributed by atoms with Crippen LogP contribution in [-0.2, 0) is 20.8 Å². The molecule has 3 rings (SSSR count). The van der Waals surface area contributed by atoms with E-state index >= 15 is 0 Å². The number of rotatable bonds is 10. The molecule has 172 valence electrons. The van der Waals surface area contributed by atoms with Gasteiger partial charge in [-0.15, -0.1) is 0 Å². The van der Waals surface area contributed by atoms with Crippen LogP contribution in [0.15, 0.2) is 41.1 Å². The van der Waals surface area contributed by atoms with Crippen LogP contribution in [-0.4, -0.2) is 44.7 Å². The highest BCUT2D eigenvalue weighted by molar-refractivity contribution is 7.81. The number of amides is 2. The van der Waals surface area contributed by atoms with Crippen LogP contribution in [0.3, 0.4) is 0 Å². The highest BCUT2D eigenvalue weighted by Gasteiger charge is 2.44. The minimum atomic E-state index is -1.15. The van der Waals surface area contributed by atoms with Crippen molar-refractivity contribution in [2.75, 3.05) is 0 Å². The largest absolute Gasteiger partial charge is 0.480 e. The molecule has 0 saturated heterocycles. The van der Waals surface area contributed by atoms with Crippen LogP contribution in [0.2, 0.25) is 0 Å². The quantitative estimate of drug-likeness (QED) is 0.405. The molecular weight excluding hydrogens is 430 g/mol. The topological polar surface area (TPSA) is 122 Å². The highest BCUT2D eigenvalue weighted by Crippen LogP contribution is 2.31. The Morgan fingerprint density at radius 2 is 2.00 bits per heavy atom. The molecule has 0 aliphatic heterocycles. The Labute approximate surface area is 192 Å². The van der Waals surface area contributed by atoms with E-state index in [2.05, 4.69) is 28.2 Å². The van der Waals surface area contributed by atoms with Gasteiger partial charge in [0.15, 0.2) is 5.76 Å². The number of thiol groups is 1. The zero-order valence-electron chi connectivity index (χ0n) is 18.0. The number of nitrogens with one attached hydrogen (secondary N) is 2. The van der Waals surface area contributed by atoms with Crippen LogP contribution in [0.25, 0.3) is 11.5 Å². The van der Waals surface area contributed by atoms with E-state index in [-0.39, 0.29) is 12.3 Å². The average molecular weight is 460 g/mol. The van der Waals surface area contributed by atoms with Gasteiger partial charge in [-0.3, -0.25) is 14.6 Å². The van der Waals surface area contributed by atoms with Crippen molar-refractivity contribution < 1.29 is 23.9 Å². The molecule has 1 aliphatic carbocycles. The molecule has 1 fully saturated rings. The molecule has 0 bridgehead atoms. The van der Waals surface area contributed by atoms with Crippen molar-refractivity contribution in [3.63, 3.8) is 0 Å². The SMILES string of the molecule is CCC[C@H](S)C(=O)NC1(C(=O)NC(Cc2ccc(-c3ccco3)nc2)C(=O)O)CCCC1. The summed E-state index contributed by atoms with van der Waals surface area (Å²) in [5.74, 6) is -1.29. The monoisotopic (exact) mass is 459 g/mol. The summed E-state index contributed by atoms with van der Waals surface area (Å²) in [6, 6.07) is 5.91. The normalized spacial score (nSPS) is 16.8. The summed E-state index contributed by atoms with van der Waals surface area (Å²) in [5.41, 5.74) is 0.201. The van der Waals surface area contributed by atoms with E-state index < -0.39 is 28.7 Å². The maximum absolute atomic E-state index is 13.2. The first-order chi connectivity index (χ1) is 15.3.